The highest BCUT2D eigenvalue weighted by molar-refractivity contribution is 8.02. The first-order valence-corrected chi connectivity index (χ1v) is 7.44. The van der Waals surface area contributed by atoms with Crippen LogP contribution in [0.3, 0.4) is 0 Å². The van der Waals surface area contributed by atoms with E-state index in [-0.39, 0.29) is 17.0 Å². The van der Waals surface area contributed by atoms with Crippen molar-refractivity contribution in [3.8, 4) is 0 Å². The van der Waals surface area contributed by atoms with E-state index in [9.17, 15) is 9.18 Å². The first-order valence-electron chi connectivity index (χ1n) is 5.68. The molecule has 4 nitrogen and oxygen atoms in total. The summed E-state index contributed by atoms with van der Waals surface area (Å²) >= 11 is 2.79. The molecule has 2 rings (SSSR count). The van der Waals surface area contributed by atoms with Gasteiger partial charge in [0, 0.05) is 5.69 Å². The SMILES string of the molecule is CCC(Sc1nncs1)C(=O)Nc1ccc(F)cc1. The Balaban J connectivity index is 1.98. The molecule has 2 aromatic rings. The van der Waals surface area contributed by atoms with Crippen LogP contribution in [-0.2, 0) is 4.79 Å². The minimum atomic E-state index is -0.326. The van der Waals surface area contributed by atoms with Crippen LogP contribution in [0.15, 0.2) is 34.1 Å². The quantitative estimate of drug-likeness (QED) is 0.861. The number of nitrogens with one attached hydrogen (secondary N) is 1. The Morgan fingerprint density at radius 2 is 2.21 bits per heavy atom. The third-order valence-corrected chi connectivity index (χ3v) is 4.53. The first-order chi connectivity index (χ1) is 9.19. The Kier molecular flexibility index (Phi) is 4.86. The number of carbonyl (C=O) groups excluding carboxylic acids is 1. The van der Waals surface area contributed by atoms with Gasteiger partial charge in [-0.3, -0.25) is 4.79 Å². The molecule has 1 aromatic carbocycles. The summed E-state index contributed by atoms with van der Waals surface area (Å²) in [5.41, 5.74) is 2.22. The van der Waals surface area contributed by atoms with Crippen molar-refractivity contribution in [2.45, 2.75) is 22.9 Å². The molecule has 1 atom stereocenters. The van der Waals surface area contributed by atoms with Crippen LogP contribution in [0, 0.1) is 5.82 Å². The van der Waals surface area contributed by atoms with Crippen LogP contribution in [0.1, 0.15) is 13.3 Å². The monoisotopic (exact) mass is 297 g/mol. The molecule has 1 aromatic heterocycles. The summed E-state index contributed by atoms with van der Waals surface area (Å²) < 4.78 is 13.5. The second-order valence-electron chi connectivity index (χ2n) is 3.72. The van der Waals surface area contributed by atoms with Crippen molar-refractivity contribution in [2.24, 2.45) is 0 Å². The van der Waals surface area contributed by atoms with Crippen LogP contribution in [-0.4, -0.2) is 21.4 Å². The number of anilines is 1. The standard InChI is InChI=1S/C12H12FN3OS2/c1-2-10(19-12-16-14-7-18-12)11(17)15-9-5-3-8(13)4-6-9/h3-7,10H,2H2,1H3,(H,15,17). The molecule has 0 spiro atoms. The van der Waals surface area contributed by atoms with Gasteiger partial charge in [-0.15, -0.1) is 10.2 Å². The lowest BCUT2D eigenvalue weighted by Crippen LogP contribution is -2.24. The molecular weight excluding hydrogens is 285 g/mol. The Bertz CT molecular complexity index is 530. The zero-order valence-corrected chi connectivity index (χ0v) is 11.8. The molecule has 100 valence electrons. The van der Waals surface area contributed by atoms with Gasteiger partial charge >= 0.3 is 0 Å². The van der Waals surface area contributed by atoms with Gasteiger partial charge in [-0.25, -0.2) is 4.39 Å². The summed E-state index contributed by atoms with van der Waals surface area (Å²) in [6.45, 7) is 1.93. The molecule has 0 saturated heterocycles. The van der Waals surface area contributed by atoms with E-state index >= 15 is 0 Å². The van der Waals surface area contributed by atoms with Crippen LogP contribution < -0.4 is 5.32 Å². The van der Waals surface area contributed by atoms with Gasteiger partial charge in [-0.2, -0.15) is 0 Å². The highest BCUT2D eigenvalue weighted by Crippen LogP contribution is 2.27. The van der Waals surface area contributed by atoms with E-state index in [4.69, 9.17) is 0 Å². The van der Waals surface area contributed by atoms with Crippen molar-refractivity contribution < 1.29 is 9.18 Å². The van der Waals surface area contributed by atoms with Crippen LogP contribution in [0.4, 0.5) is 10.1 Å². The minimum Gasteiger partial charge on any atom is -0.325 e. The second kappa shape index (κ2) is 6.63. The minimum absolute atomic E-state index is 0.116. The van der Waals surface area contributed by atoms with Gasteiger partial charge < -0.3 is 5.32 Å². The lowest BCUT2D eigenvalue weighted by atomic mass is 10.2. The number of aromatic nitrogens is 2. The maximum atomic E-state index is 12.8. The molecule has 1 heterocycles. The van der Waals surface area contributed by atoms with Gasteiger partial charge in [0.1, 0.15) is 11.3 Å². The van der Waals surface area contributed by atoms with E-state index in [1.165, 1.54) is 47.4 Å². The van der Waals surface area contributed by atoms with Gasteiger partial charge in [0.2, 0.25) is 5.91 Å². The fourth-order valence-corrected chi connectivity index (χ4v) is 3.06. The zero-order valence-electron chi connectivity index (χ0n) is 10.2. The molecular formula is C12H12FN3OS2. The largest absolute Gasteiger partial charge is 0.325 e. The fraction of sp³-hybridized carbons (Fsp3) is 0.250. The summed E-state index contributed by atoms with van der Waals surface area (Å²) in [6.07, 6.45) is 0.678. The molecule has 0 fully saturated rings. The van der Waals surface area contributed by atoms with Crippen molar-refractivity contribution in [1.29, 1.82) is 0 Å². The zero-order chi connectivity index (χ0) is 13.7. The maximum absolute atomic E-state index is 12.8. The van der Waals surface area contributed by atoms with Crippen molar-refractivity contribution in [1.82, 2.24) is 10.2 Å². The molecule has 1 amide bonds. The molecule has 0 aliphatic rings. The topological polar surface area (TPSA) is 54.9 Å². The van der Waals surface area contributed by atoms with Crippen molar-refractivity contribution in [3.05, 3.63) is 35.6 Å². The Hall–Kier alpha value is -1.47. The van der Waals surface area contributed by atoms with E-state index in [0.29, 0.717) is 12.1 Å². The smallest absolute Gasteiger partial charge is 0.237 e. The van der Waals surface area contributed by atoms with E-state index in [1.54, 1.807) is 5.51 Å². The molecule has 1 N–H and O–H groups in total. The lowest BCUT2D eigenvalue weighted by molar-refractivity contribution is -0.115. The second-order valence-corrected chi connectivity index (χ2v) is 6.00. The number of hydrogen-bond acceptors (Lipinski definition) is 5. The van der Waals surface area contributed by atoms with Gasteiger partial charge in [0.15, 0.2) is 4.34 Å². The van der Waals surface area contributed by atoms with Crippen LogP contribution in [0.5, 0.6) is 0 Å². The number of hydrogen-bond donors (Lipinski definition) is 1. The molecule has 0 aliphatic heterocycles. The number of carbonyl (C=O) groups is 1. The van der Waals surface area contributed by atoms with Crippen LogP contribution in [0.2, 0.25) is 0 Å². The normalized spacial score (nSPS) is 12.1. The van der Waals surface area contributed by atoms with E-state index in [0.717, 1.165) is 4.34 Å². The average Bonchev–Trinajstić information content (AvgIpc) is 2.91. The molecule has 1 unspecified atom stereocenters. The van der Waals surface area contributed by atoms with Crippen LogP contribution in [0.25, 0.3) is 0 Å². The average molecular weight is 297 g/mol. The molecule has 0 saturated carbocycles. The highest BCUT2D eigenvalue weighted by Gasteiger charge is 2.19. The van der Waals surface area contributed by atoms with E-state index in [1.807, 2.05) is 6.92 Å². The van der Waals surface area contributed by atoms with Crippen molar-refractivity contribution in [3.63, 3.8) is 0 Å². The van der Waals surface area contributed by atoms with E-state index < -0.39 is 0 Å². The van der Waals surface area contributed by atoms with Crippen molar-refractivity contribution >= 4 is 34.7 Å². The van der Waals surface area contributed by atoms with Gasteiger partial charge in [-0.05, 0) is 30.7 Å². The fourth-order valence-electron chi connectivity index (χ4n) is 1.41. The summed E-state index contributed by atoms with van der Waals surface area (Å²) in [7, 11) is 0. The highest BCUT2D eigenvalue weighted by atomic mass is 32.2. The summed E-state index contributed by atoms with van der Waals surface area (Å²) in [4.78, 5) is 12.1. The predicted molar refractivity (Wildman–Crippen MR) is 74.9 cm³/mol. The summed E-state index contributed by atoms with van der Waals surface area (Å²) in [6, 6.07) is 5.70. The first kappa shape index (κ1) is 14.0. The number of amides is 1. The molecule has 0 bridgehead atoms. The Labute approximate surface area is 118 Å². The van der Waals surface area contributed by atoms with E-state index in [2.05, 4.69) is 15.5 Å². The van der Waals surface area contributed by atoms with Crippen LogP contribution >= 0.6 is 23.1 Å². The van der Waals surface area contributed by atoms with Gasteiger partial charge in [0.05, 0.1) is 5.25 Å². The Morgan fingerprint density at radius 1 is 1.47 bits per heavy atom. The maximum Gasteiger partial charge on any atom is 0.237 e. The number of halogens is 1. The number of rotatable bonds is 5. The van der Waals surface area contributed by atoms with Crippen molar-refractivity contribution in [2.75, 3.05) is 5.32 Å². The van der Waals surface area contributed by atoms with Gasteiger partial charge in [-0.1, -0.05) is 30.0 Å². The molecule has 0 aliphatic carbocycles. The predicted octanol–water partition coefficient (Wildman–Crippen LogP) is 3.19. The third-order valence-electron chi connectivity index (χ3n) is 2.36. The lowest BCUT2D eigenvalue weighted by Gasteiger charge is -2.12. The Morgan fingerprint density at radius 3 is 2.79 bits per heavy atom. The molecule has 19 heavy (non-hydrogen) atoms. The molecule has 0 radical (unpaired) electrons. The summed E-state index contributed by atoms with van der Waals surface area (Å²) in [5, 5.41) is 10.2. The third kappa shape index (κ3) is 4.00. The number of nitrogens with zero attached hydrogens (tertiary/aromatic N) is 2. The van der Waals surface area contributed by atoms with Gasteiger partial charge in [0.25, 0.3) is 0 Å². The number of thioether (sulfide) groups is 1. The number of benzene rings is 1. The molecule has 7 heteroatoms. The summed E-state index contributed by atoms with van der Waals surface area (Å²) in [5.74, 6) is -0.442.